The van der Waals surface area contributed by atoms with E-state index in [1.54, 1.807) is 0 Å². The fourth-order valence-electron chi connectivity index (χ4n) is 2.61. The van der Waals surface area contributed by atoms with E-state index in [2.05, 4.69) is 5.32 Å². The van der Waals surface area contributed by atoms with Crippen LogP contribution in [0.5, 0.6) is 5.75 Å². The molecule has 0 bridgehead atoms. The highest BCUT2D eigenvalue weighted by Crippen LogP contribution is 2.35. The molecule has 0 spiro atoms. The van der Waals surface area contributed by atoms with E-state index in [0.717, 1.165) is 25.7 Å². The molecule has 1 saturated carbocycles. The first kappa shape index (κ1) is 15.5. The molecule has 0 heterocycles. The summed E-state index contributed by atoms with van der Waals surface area (Å²) in [5.41, 5.74) is 0.287. The van der Waals surface area contributed by atoms with Crippen LogP contribution in [0.2, 0.25) is 10.0 Å². The van der Waals surface area contributed by atoms with Crippen molar-refractivity contribution in [1.29, 1.82) is 0 Å². The van der Waals surface area contributed by atoms with Crippen LogP contribution in [-0.4, -0.2) is 11.0 Å². The van der Waals surface area contributed by atoms with Gasteiger partial charge < -0.3 is 10.4 Å². The van der Waals surface area contributed by atoms with Crippen molar-refractivity contribution in [1.82, 2.24) is 0 Å². The minimum atomic E-state index is -0.129. The molecule has 0 unspecified atom stereocenters. The maximum atomic E-state index is 12.3. The van der Waals surface area contributed by atoms with Crippen LogP contribution in [0, 0.1) is 5.92 Å². The Labute approximate surface area is 129 Å². The van der Waals surface area contributed by atoms with Gasteiger partial charge in [-0.15, -0.1) is 0 Å². The van der Waals surface area contributed by atoms with Gasteiger partial charge >= 0.3 is 0 Å². The van der Waals surface area contributed by atoms with E-state index in [0.29, 0.717) is 5.02 Å². The number of carbonyl (C=O) groups excluding carboxylic acids is 1. The molecule has 0 atom stereocenters. The second-order valence-corrected chi connectivity index (χ2v) is 6.16. The predicted octanol–water partition coefficient (Wildman–Crippen LogP) is 5.00. The first-order valence-corrected chi connectivity index (χ1v) is 7.82. The molecule has 3 nitrogen and oxygen atoms in total. The van der Waals surface area contributed by atoms with Gasteiger partial charge in [0.05, 0.1) is 10.7 Å². The van der Waals surface area contributed by atoms with Crippen molar-refractivity contribution >= 4 is 34.8 Å². The van der Waals surface area contributed by atoms with Gasteiger partial charge in [-0.3, -0.25) is 4.79 Å². The second kappa shape index (κ2) is 7.19. The topological polar surface area (TPSA) is 49.3 Å². The molecule has 1 aromatic carbocycles. The van der Waals surface area contributed by atoms with E-state index in [4.69, 9.17) is 23.2 Å². The number of nitrogens with one attached hydrogen (secondary N) is 1. The number of benzene rings is 1. The van der Waals surface area contributed by atoms with Crippen molar-refractivity contribution in [2.75, 3.05) is 5.32 Å². The highest BCUT2D eigenvalue weighted by Gasteiger charge is 2.21. The zero-order chi connectivity index (χ0) is 14.5. The lowest BCUT2D eigenvalue weighted by molar-refractivity contribution is -0.120. The molecule has 1 aliphatic carbocycles. The van der Waals surface area contributed by atoms with Crippen LogP contribution in [0.4, 0.5) is 5.69 Å². The second-order valence-electron chi connectivity index (χ2n) is 5.32. The normalized spacial score (nSPS) is 17.3. The van der Waals surface area contributed by atoms with Gasteiger partial charge in [0, 0.05) is 10.9 Å². The number of carbonyl (C=O) groups is 1. The van der Waals surface area contributed by atoms with E-state index in [-0.39, 0.29) is 28.3 Å². The monoisotopic (exact) mass is 315 g/mol. The third-order valence-corrected chi connectivity index (χ3v) is 4.27. The molecule has 1 aliphatic rings. The lowest BCUT2D eigenvalue weighted by Crippen LogP contribution is -2.23. The lowest BCUT2D eigenvalue weighted by Gasteiger charge is -2.19. The Morgan fingerprint density at radius 1 is 1.10 bits per heavy atom. The smallest absolute Gasteiger partial charge is 0.227 e. The van der Waals surface area contributed by atoms with Crippen molar-refractivity contribution in [3.05, 3.63) is 22.2 Å². The van der Waals surface area contributed by atoms with Gasteiger partial charge in [0.1, 0.15) is 0 Å². The molecule has 0 aliphatic heterocycles. The molecule has 110 valence electrons. The standard InChI is InChI=1S/C15H19Cl2NO2/c16-11-8-12(17)14(19)13(9-11)18-15(20)10-6-4-2-1-3-5-7-10/h8-10,19H,1-7H2,(H,18,20). The molecule has 1 amide bonds. The Balaban J connectivity index is 2.06. The maximum Gasteiger partial charge on any atom is 0.227 e. The van der Waals surface area contributed by atoms with Crippen LogP contribution in [0.25, 0.3) is 0 Å². The highest BCUT2D eigenvalue weighted by molar-refractivity contribution is 6.36. The van der Waals surface area contributed by atoms with E-state index in [1.165, 1.54) is 31.4 Å². The van der Waals surface area contributed by atoms with Crippen LogP contribution in [0.3, 0.4) is 0 Å². The van der Waals surface area contributed by atoms with Gasteiger partial charge in [0.2, 0.25) is 5.91 Å². The van der Waals surface area contributed by atoms with Crippen LogP contribution >= 0.6 is 23.2 Å². The minimum absolute atomic E-state index is 0.00690. The molecule has 2 rings (SSSR count). The first-order chi connectivity index (χ1) is 9.58. The molecular formula is C15H19Cl2NO2. The number of aromatic hydroxyl groups is 1. The largest absolute Gasteiger partial charge is 0.504 e. The number of halogens is 2. The third kappa shape index (κ3) is 4.03. The first-order valence-electron chi connectivity index (χ1n) is 7.07. The summed E-state index contributed by atoms with van der Waals surface area (Å²) in [7, 11) is 0. The molecular weight excluding hydrogens is 297 g/mol. The van der Waals surface area contributed by atoms with Gasteiger partial charge in [0.15, 0.2) is 5.75 Å². The Kier molecular flexibility index (Phi) is 5.55. The summed E-state index contributed by atoms with van der Waals surface area (Å²) in [6.45, 7) is 0. The number of hydrogen-bond donors (Lipinski definition) is 2. The quantitative estimate of drug-likeness (QED) is 0.755. The highest BCUT2D eigenvalue weighted by atomic mass is 35.5. The number of phenolic OH excluding ortho intramolecular Hbond substituents is 1. The zero-order valence-corrected chi connectivity index (χ0v) is 12.8. The predicted molar refractivity (Wildman–Crippen MR) is 82.6 cm³/mol. The van der Waals surface area contributed by atoms with E-state index >= 15 is 0 Å². The zero-order valence-electron chi connectivity index (χ0n) is 11.3. The van der Waals surface area contributed by atoms with Gasteiger partial charge in [-0.2, -0.15) is 0 Å². The van der Waals surface area contributed by atoms with Crippen molar-refractivity contribution in [2.45, 2.75) is 44.9 Å². The Morgan fingerprint density at radius 2 is 1.70 bits per heavy atom. The van der Waals surface area contributed by atoms with E-state index in [9.17, 15) is 9.90 Å². The molecule has 1 fully saturated rings. The van der Waals surface area contributed by atoms with Crippen molar-refractivity contribution < 1.29 is 9.90 Å². The van der Waals surface area contributed by atoms with Gasteiger partial charge in [-0.1, -0.05) is 55.3 Å². The number of amides is 1. The third-order valence-electron chi connectivity index (χ3n) is 3.76. The summed E-state index contributed by atoms with van der Waals surface area (Å²) in [6, 6.07) is 2.97. The Morgan fingerprint density at radius 3 is 2.35 bits per heavy atom. The molecule has 0 saturated heterocycles. The number of hydrogen-bond acceptors (Lipinski definition) is 2. The summed E-state index contributed by atoms with van der Waals surface area (Å²) in [6.07, 6.45) is 7.62. The molecule has 20 heavy (non-hydrogen) atoms. The van der Waals surface area contributed by atoms with E-state index in [1.807, 2.05) is 0 Å². The van der Waals surface area contributed by atoms with Gasteiger partial charge in [0.25, 0.3) is 0 Å². The minimum Gasteiger partial charge on any atom is -0.504 e. The summed E-state index contributed by atoms with van der Waals surface area (Å²) in [5.74, 6) is -0.178. The van der Waals surface area contributed by atoms with E-state index < -0.39 is 0 Å². The van der Waals surface area contributed by atoms with Crippen LogP contribution in [0.15, 0.2) is 12.1 Å². The van der Waals surface area contributed by atoms with Crippen molar-refractivity contribution in [2.24, 2.45) is 5.92 Å². The summed E-state index contributed by atoms with van der Waals surface area (Å²) in [5, 5.41) is 13.1. The van der Waals surface area contributed by atoms with Crippen LogP contribution in [-0.2, 0) is 4.79 Å². The molecule has 0 aromatic heterocycles. The summed E-state index contributed by atoms with van der Waals surface area (Å²) < 4.78 is 0. The summed E-state index contributed by atoms with van der Waals surface area (Å²) >= 11 is 11.7. The molecule has 0 radical (unpaired) electrons. The lowest BCUT2D eigenvalue weighted by atomic mass is 9.90. The number of anilines is 1. The fourth-order valence-corrected chi connectivity index (χ4v) is 3.11. The van der Waals surface area contributed by atoms with Gasteiger partial charge in [-0.05, 0) is 25.0 Å². The van der Waals surface area contributed by atoms with Gasteiger partial charge in [-0.25, -0.2) is 0 Å². The fraction of sp³-hybridized carbons (Fsp3) is 0.533. The Hall–Kier alpha value is -0.930. The van der Waals surface area contributed by atoms with Crippen molar-refractivity contribution in [3.8, 4) is 5.75 Å². The maximum absolute atomic E-state index is 12.3. The molecule has 5 heteroatoms. The van der Waals surface area contributed by atoms with Crippen LogP contribution < -0.4 is 5.32 Å². The SMILES string of the molecule is O=C(Nc1cc(Cl)cc(Cl)c1O)C1CCCCCCC1. The van der Waals surface area contributed by atoms with Crippen LogP contribution in [0.1, 0.15) is 44.9 Å². The molecule has 1 aromatic rings. The number of rotatable bonds is 2. The summed E-state index contributed by atoms with van der Waals surface area (Å²) in [4.78, 5) is 12.3. The van der Waals surface area contributed by atoms with Crippen molar-refractivity contribution in [3.63, 3.8) is 0 Å². The Bertz CT molecular complexity index is 483. The molecule has 2 N–H and O–H groups in total. The number of phenols is 1. The average Bonchev–Trinajstić information content (AvgIpc) is 2.34. The average molecular weight is 316 g/mol.